The maximum absolute atomic E-state index is 6.21. The number of anilines is 1. The lowest BCUT2D eigenvalue weighted by Gasteiger charge is -2.08. The van der Waals surface area contributed by atoms with Crippen molar-refractivity contribution in [3.63, 3.8) is 0 Å². The topological polar surface area (TPSA) is 30.1 Å². The molecule has 0 saturated heterocycles. The van der Waals surface area contributed by atoms with Crippen LogP contribution >= 0.6 is 11.6 Å². The molecule has 0 radical (unpaired) electrons. The number of ether oxygens (including phenoxy) is 1. The molecular formula is C26H25Cl2N3O. The maximum atomic E-state index is 6.21. The molecule has 32 heavy (non-hydrogen) atoms. The summed E-state index contributed by atoms with van der Waals surface area (Å²) in [5, 5.41) is 4.31. The second-order valence-electron chi connectivity index (χ2n) is 7.75. The van der Waals surface area contributed by atoms with Crippen LogP contribution in [-0.2, 0) is 6.54 Å². The highest BCUT2D eigenvalue weighted by atomic mass is 35.5. The highest BCUT2D eigenvalue weighted by Gasteiger charge is 2.27. The van der Waals surface area contributed by atoms with Gasteiger partial charge in [-0.1, -0.05) is 54.1 Å². The molecule has 0 amide bonds. The van der Waals surface area contributed by atoms with Gasteiger partial charge >= 0.3 is 5.95 Å². The van der Waals surface area contributed by atoms with Crippen molar-refractivity contribution >= 4 is 17.5 Å². The van der Waals surface area contributed by atoms with E-state index in [1.807, 2.05) is 24.3 Å². The van der Waals surface area contributed by atoms with Gasteiger partial charge in [0.25, 0.3) is 0 Å². The Morgan fingerprint density at radius 3 is 2.44 bits per heavy atom. The van der Waals surface area contributed by atoms with Crippen molar-refractivity contribution in [1.29, 1.82) is 0 Å². The van der Waals surface area contributed by atoms with Crippen molar-refractivity contribution in [2.45, 2.75) is 19.4 Å². The average Bonchev–Trinajstić information content (AvgIpc) is 3.00. The molecule has 0 saturated carbocycles. The molecule has 5 rings (SSSR count). The van der Waals surface area contributed by atoms with Gasteiger partial charge in [0.05, 0.1) is 25.8 Å². The van der Waals surface area contributed by atoms with Crippen molar-refractivity contribution < 1.29 is 21.7 Å². The van der Waals surface area contributed by atoms with Crippen LogP contribution in [0.1, 0.15) is 12.8 Å². The number of methoxy groups -OCH3 is 1. The normalized spacial score (nSPS) is 12.8. The van der Waals surface area contributed by atoms with Crippen LogP contribution < -0.4 is 27.0 Å². The number of rotatable bonds is 4. The Kier molecular flexibility index (Phi) is 6.73. The molecule has 6 heteroatoms. The number of aromatic nitrogens is 2. The lowest BCUT2D eigenvalue weighted by atomic mass is 10.1. The molecule has 4 aromatic rings. The molecule has 1 N–H and O–H groups in total. The van der Waals surface area contributed by atoms with Crippen LogP contribution in [-0.4, -0.2) is 18.2 Å². The number of hydrogen-bond acceptors (Lipinski definition) is 2. The Labute approximate surface area is 199 Å². The first-order chi connectivity index (χ1) is 15.2. The van der Waals surface area contributed by atoms with E-state index in [2.05, 4.69) is 69.2 Å². The molecule has 0 bridgehead atoms. The first-order valence-corrected chi connectivity index (χ1v) is 11.0. The van der Waals surface area contributed by atoms with Crippen molar-refractivity contribution in [3.8, 4) is 33.8 Å². The van der Waals surface area contributed by atoms with E-state index in [9.17, 15) is 0 Å². The SMILES string of the molecule is COc1cc(Cl)ccc1-c1cn(-c2ccc(-c3ccccc3)cc2)c2[n+]1CCCCN2.[Cl-]. The predicted molar refractivity (Wildman–Crippen MR) is 126 cm³/mol. The highest BCUT2D eigenvalue weighted by Crippen LogP contribution is 2.33. The zero-order chi connectivity index (χ0) is 21.2. The fourth-order valence-corrected chi connectivity index (χ4v) is 4.39. The van der Waals surface area contributed by atoms with Gasteiger partial charge in [-0.2, -0.15) is 0 Å². The molecule has 164 valence electrons. The predicted octanol–water partition coefficient (Wildman–Crippen LogP) is 2.97. The van der Waals surface area contributed by atoms with E-state index in [0.29, 0.717) is 5.02 Å². The summed E-state index contributed by atoms with van der Waals surface area (Å²) in [6.07, 6.45) is 4.47. The van der Waals surface area contributed by atoms with Gasteiger partial charge in [-0.3, -0.25) is 5.32 Å². The zero-order valence-electron chi connectivity index (χ0n) is 17.9. The summed E-state index contributed by atoms with van der Waals surface area (Å²) in [5.74, 6) is 1.88. The first kappa shape index (κ1) is 22.3. The molecule has 0 fully saturated rings. The van der Waals surface area contributed by atoms with Crippen LogP contribution in [0.5, 0.6) is 5.75 Å². The van der Waals surface area contributed by atoms with Crippen molar-refractivity contribution in [2.24, 2.45) is 0 Å². The third-order valence-electron chi connectivity index (χ3n) is 5.81. The monoisotopic (exact) mass is 465 g/mol. The molecular weight excluding hydrogens is 441 g/mol. The van der Waals surface area contributed by atoms with E-state index in [4.69, 9.17) is 16.3 Å². The van der Waals surface area contributed by atoms with Gasteiger partial charge in [-0.25, -0.2) is 9.13 Å². The summed E-state index contributed by atoms with van der Waals surface area (Å²) in [6, 6.07) is 25.0. The van der Waals surface area contributed by atoms with Crippen LogP contribution in [0.3, 0.4) is 0 Å². The van der Waals surface area contributed by atoms with Gasteiger partial charge in [-0.05, 0) is 54.3 Å². The van der Waals surface area contributed by atoms with E-state index >= 15 is 0 Å². The van der Waals surface area contributed by atoms with Crippen LogP contribution in [0.15, 0.2) is 79.0 Å². The summed E-state index contributed by atoms with van der Waals surface area (Å²) in [6.45, 7) is 1.92. The van der Waals surface area contributed by atoms with Gasteiger partial charge in [0.1, 0.15) is 23.3 Å². The van der Waals surface area contributed by atoms with Crippen molar-refractivity contribution in [3.05, 3.63) is 84.0 Å². The lowest BCUT2D eigenvalue weighted by Crippen LogP contribution is -3.00. The number of halogens is 2. The Balaban J connectivity index is 0.00000245. The van der Waals surface area contributed by atoms with E-state index in [1.165, 1.54) is 11.1 Å². The number of hydrogen-bond donors (Lipinski definition) is 1. The highest BCUT2D eigenvalue weighted by molar-refractivity contribution is 6.30. The second-order valence-corrected chi connectivity index (χ2v) is 8.19. The molecule has 0 aliphatic carbocycles. The molecule has 2 heterocycles. The molecule has 1 aliphatic rings. The fourth-order valence-electron chi connectivity index (χ4n) is 4.23. The Morgan fingerprint density at radius 1 is 0.938 bits per heavy atom. The minimum atomic E-state index is 0. The third-order valence-corrected chi connectivity index (χ3v) is 6.04. The minimum Gasteiger partial charge on any atom is -1.00 e. The number of nitrogens with one attached hydrogen (secondary N) is 1. The Morgan fingerprint density at radius 2 is 1.69 bits per heavy atom. The maximum Gasteiger partial charge on any atom is 0.362 e. The number of fused-ring (bicyclic) bond motifs is 1. The van der Waals surface area contributed by atoms with Crippen molar-refractivity contribution in [2.75, 3.05) is 19.0 Å². The van der Waals surface area contributed by atoms with E-state index in [0.717, 1.165) is 54.6 Å². The second kappa shape index (κ2) is 9.68. The van der Waals surface area contributed by atoms with E-state index < -0.39 is 0 Å². The van der Waals surface area contributed by atoms with Gasteiger partial charge in [0.15, 0.2) is 0 Å². The standard InChI is InChI=1S/C26H24ClN3O.ClH/c1-31-25-17-21(27)11-14-23(25)24-18-30(26-28-15-5-6-16-29(24)26)22-12-9-20(10-13-22)19-7-3-2-4-8-19;/h2-4,7-14,17-18H,5-6,15-16H2,1H3;1H. The minimum absolute atomic E-state index is 0. The molecule has 1 aromatic heterocycles. The quantitative estimate of drug-likeness (QED) is 0.469. The van der Waals surface area contributed by atoms with E-state index in [1.54, 1.807) is 7.11 Å². The summed E-state index contributed by atoms with van der Waals surface area (Å²) < 4.78 is 10.2. The lowest BCUT2D eigenvalue weighted by molar-refractivity contribution is -0.670. The number of nitrogens with zero attached hydrogens (tertiary/aromatic N) is 2. The summed E-state index contributed by atoms with van der Waals surface area (Å²) in [4.78, 5) is 0. The third kappa shape index (κ3) is 4.21. The van der Waals surface area contributed by atoms with Crippen molar-refractivity contribution in [1.82, 2.24) is 4.57 Å². The molecule has 0 spiro atoms. The van der Waals surface area contributed by atoms with Crippen LogP contribution in [0, 0.1) is 0 Å². The van der Waals surface area contributed by atoms with Crippen LogP contribution in [0.2, 0.25) is 5.02 Å². The Bertz CT molecular complexity index is 1200. The number of benzene rings is 3. The molecule has 4 nitrogen and oxygen atoms in total. The summed E-state index contributed by atoms with van der Waals surface area (Å²) >= 11 is 6.21. The largest absolute Gasteiger partial charge is 1.00 e. The first-order valence-electron chi connectivity index (χ1n) is 10.6. The summed E-state index contributed by atoms with van der Waals surface area (Å²) in [7, 11) is 1.69. The number of imidazole rings is 1. The van der Waals surface area contributed by atoms with Gasteiger partial charge < -0.3 is 17.1 Å². The smallest absolute Gasteiger partial charge is 0.362 e. The molecule has 1 aliphatic heterocycles. The molecule has 3 aromatic carbocycles. The van der Waals surface area contributed by atoms with Crippen LogP contribution in [0.25, 0.3) is 28.1 Å². The zero-order valence-corrected chi connectivity index (χ0v) is 19.4. The molecule has 0 atom stereocenters. The van der Waals surface area contributed by atoms with Crippen LogP contribution in [0.4, 0.5) is 5.95 Å². The average molecular weight is 466 g/mol. The van der Waals surface area contributed by atoms with E-state index in [-0.39, 0.29) is 12.4 Å². The van der Waals surface area contributed by atoms with Gasteiger partial charge in [0.2, 0.25) is 0 Å². The Hall–Kier alpha value is -2.95. The summed E-state index contributed by atoms with van der Waals surface area (Å²) in [5.41, 5.74) is 5.71. The molecule has 0 unspecified atom stereocenters. The van der Waals surface area contributed by atoms with Gasteiger partial charge in [0, 0.05) is 5.02 Å². The van der Waals surface area contributed by atoms with Gasteiger partial charge in [-0.15, -0.1) is 0 Å². The fraction of sp³-hybridized carbons (Fsp3) is 0.192.